The first-order valence-corrected chi connectivity index (χ1v) is 19.2. The number of nitrogens with zero attached hydrogens (tertiary/aromatic N) is 2. The lowest BCUT2D eigenvalue weighted by atomic mass is 9.82. The normalized spacial score (nSPS) is 13.1. The van der Waals surface area contributed by atoms with Crippen LogP contribution in [0.1, 0.15) is 25.0 Å². The molecular weight excluding hydrogens is 665 g/mol. The molecule has 0 atom stereocenters. The largest absolute Gasteiger partial charge is 0.309 e. The summed E-state index contributed by atoms with van der Waals surface area (Å²) in [6, 6.07) is 71.3. The minimum Gasteiger partial charge on any atom is -0.309 e. The van der Waals surface area contributed by atoms with E-state index in [-0.39, 0.29) is 5.41 Å². The lowest BCUT2D eigenvalue weighted by Gasteiger charge is -2.28. The number of aromatic nitrogens is 1. The third-order valence-corrected chi connectivity index (χ3v) is 12.0. The third-order valence-electron chi connectivity index (χ3n) is 12.0. The summed E-state index contributed by atoms with van der Waals surface area (Å²) in [5.41, 5.74) is 14.9. The first-order chi connectivity index (χ1) is 27.0. The van der Waals surface area contributed by atoms with E-state index in [1.165, 1.54) is 76.7 Å². The summed E-state index contributed by atoms with van der Waals surface area (Å²) in [5.74, 6) is 0. The lowest BCUT2D eigenvalue weighted by molar-refractivity contribution is 0.661. The van der Waals surface area contributed by atoms with Gasteiger partial charge in [0.2, 0.25) is 0 Å². The Morgan fingerprint density at radius 1 is 0.400 bits per heavy atom. The minimum absolute atomic E-state index is 0.0404. The van der Waals surface area contributed by atoms with Crippen LogP contribution in [-0.4, -0.2) is 4.57 Å². The van der Waals surface area contributed by atoms with E-state index in [0.29, 0.717) is 0 Å². The molecule has 0 saturated carbocycles. The van der Waals surface area contributed by atoms with E-state index < -0.39 is 0 Å². The highest BCUT2D eigenvalue weighted by molar-refractivity contribution is 6.11. The van der Waals surface area contributed by atoms with Crippen LogP contribution >= 0.6 is 0 Å². The van der Waals surface area contributed by atoms with Crippen molar-refractivity contribution in [3.63, 3.8) is 0 Å². The van der Waals surface area contributed by atoms with Crippen molar-refractivity contribution >= 4 is 60.4 Å². The minimum atomic E-state index is -0.0404. The average Bonchev–Trinajstić information content (AvgIpc) is 3.68. The predicted octanol–water partition coefficient (Wildman–Crippen LogP) is 14.5. The Morgan fingerprint density at radius 2 is 0.945 bits per heavy atom. The van der Waals surface area contributed by atoms with Gasteiger partial charge in [0.15, 0.2) is 0 Å². The molecule has 1 aromatic heterocycles. The van der Waals surface area contributed by atoms with Crippen LogP contribution in [0.25, 0.3) is 71.3 Å². The van der Waals surface area contributed by atoms with Crippen LogP contribution in [0.5, 0.6) is 0 Å². The second kappa shape index (κ2) is 12.1. The van der Waals surface area contributed by atoms with Crippen LogP contribution < -0.4 is 4.90 Å². The van der Waals surface area contributed by atoms with Gasteiger partial charge in [-0.25, -0.2) is 0 Å². The van der Waals surface area contributed by atoms with E-state index in [9.17, 15) is 0 Å². The fourth-order valence-electron chi connectivity index (χ4n) is 9.26. The van der Waals surface area contributed by atoms with Crippen LogP contribution in [0, 0.1) is 0 Å². The van der Waals surface area contributed by atoms with Gasteiger partial charge in [0.05, 0.1) is 22.4 Å². The molecule has 0 aliphatic heterocycles. The summed E-state index contributed by atoms with van der Waals surface area (Å²) in [7, 11) is 0. The summed E-state index contributed by atoms with van der Waals surface area (Å²) < 4.78 is 2.44. The Balaban J connectivity index is 1.01. The van der Waals surface area contributed by atoms with Gasteiger partial charge in [-0.05, 0) is 98.8 Å². The van der Waals surface area contributed by atoms with Crippen molar-refractivity contribution in [3.8, 4) is 27.9 Å². The molecule has 0 radical (unpaired) electrons. The van der Waals surface area contributed by atoms with Gasteiger partial charge < -0.3 is 9.47 Å². The van der Waals surface area contributed by atoms with Crippen LogP contribution in [0.15, 0.2) is 194 Å². The van der Waals surface area contributed by atoms with E-state index in [2.05, 4.69) is 217 Å². The van der Waals surface area contributed by atoms with Gasteiger partial charge in [0.1, 0.15) is 0 Å². The number of benzene rings is 9. The summed E-state index contributed by atoms with van der Waals surface area (Å²) >= 11 is 0. The average molecular weight is 703 g/mol. The third kappa shape index (κ3) is 4.81. The Labute approximate surface area is 321 Å². The van der Waals surface area contributed by atoms with Gasteiger partial charge in [-0.1, -0.05) is 153 Å². The van der Waals surface area contributed by atoms with Crippen molar-refractivity contribution in [2.24, 2.45) is 0 Å². The van der Waals surface area contributed by atoms with Crippen molar-refractivity contribution in [1.82, 2.24) is 4.57 Å². The number of hydrogen-bond donors (Lipinski definition) is 0. The van der Waals surface area contributed by atoms with Crippen molar-refractivity contribution < 1.29 is 0 Å². The molecule has 11 rings (SSSR count). The molecule has 10 aromatic rings. The zero-order valence-corrected chi connectivity index (χ0v) is 30.9. The standard InChI is InChI=1S/C53H38N2/c1-53(2)47-21-9-7-19-43(47)45-34-52-46(33-48(45)53)44-20-8-10-22-51(44)55(52)40-31-27-36(28-32-40)35-25-29-39(30-26-35)54(49-23-11-15-37-13-3-5-17-41(37)49)50-24-12-16-38-14-4-6-18-42(38)50/h3-34H,1-2H3. The molecule has 0 N–H and O–H groups in total. The number of hydrogen-bond acceptors (Lipinski definition) is 1. The van der Waals surface area contributed by atoms with Gasteiger partial charge in [-0.15, -0.1) is 0 Å². The molecule has 1 aliphatic rings. The molecule has 0 unspecified atom stereocenters. The van der Waals surface area contributed by atoms with Crippen molar-refractivity contribution in [3.05, 3.63) is 205 Å². The quantitative estimate of drug-likeness (QED) is 0.173. The molecule has 9 aromatic carbocycles. The zero-order valence-electron chi connectivity index (χ0n) is 30.9. The van der Waals surface area contributed by atoms with Crippen LogP contribution in [0.2, 0.25) is 0 Å². The summed E-state index contributed by atoms with van der Waals surface area (Å²) in [4.78, 5) is 2.41. The Kier molecular flexibility index (Phi) is 6.93. The Bertz CT molecular complexity index is 3020. The highest BCUT2D eigenvalue weighted by Gasteiger charge is 2.36. The fourth-order valence-corrected chi connectivity index (χ4v) is 9.26. The predicted molar refractivity (Wildman–Crippen MR) is 233 cm³/mol. The second-order valence-corrected chi connectivity index (χ2v) is 15.4. The molecular formula is C53H38N2. The van der Waals surface area contributed by atoms with E-state index in [0.717, 1.165) is 22.7 Å². The smallest absolute Gasteiger partial charge is 0.0547 e. The van der Waals surface area contributed by atoms with Crippen LogP contribution in [-0.2, 0) is 5.41 Å². The maximum atomic E-state index is 2.46. The topological polar surface area (TPSA) is 8.17 Å². The Hall–Kier alpha value is -6.90. The Morgan fingerprint density at radius 3 is 1.62 bits per heavy atom. The first-order valence-electron chi connectivity index (χ1n) is 19.2. The second-order valence-electron chi connectivity index (χ2n) is 15.4. The van der Waals surface area contributed by atoms with Gasteiger partial charge >= 0.3 is 0 Å². The maximum Gasteiger partial charge on any atom is 0.0547 e. The molecule has 260 valence electrons. The van der Waals surface area contributed by atoms with E-state index in [1.54, 1.807) is 0 Å². The fraction of sp³-hybridized carbons (Fsp3) is 0.0566. The molecule has 1 aliphatic carbocycles. The number of rotatable bonds is 5. The van der Waals surface area contributed by atoms with Gasteiger partial charge in [-0.3, -0.25) is 0 Å². The summed E-state index contributed by atoms with van der Waals surface area (Å²) in [6.45, 7) is 4.72. The van der Waals surface area contributed by atoms with Gasteiger partial charge in [0.25, 0.3) is 0 Å². The molecule has 55 heavy (non-hydrogen) atoms. The molecule has 2 nitrogen and oxygen atoms in total. The molecule has 0 spiro atoms. The van der Waals surface area contributed by atoms with Gasteiger partial charge in [-0.2, -0.15) is 0 Å². The molecule has 0 saturated heterocycles. The summed E-state index contributed by atoms with van der Waals surface area (Å²) in [6.07, 6.45) is 0. The summed E-state index contributed by atoms with van der Waals surface area (Å²) in [5, 5.41) is 7.48. The number of para-hydroxylation sites is 1. The molecule has 0 bridgehead atoms. The van der Waals surface area contributed by atoms with Crippen molar-refractivity contribution in [2.45, 2.75) is 19.3 Å². The molecule has 2 heteroatoms. The zero-order chi connectivity index (χ0) is 36.7. The number of fused-ring (bicyclic) bond motifs is 8. The van der Waals surface area contributed by atoms with E-state index in [4.69, 9.17) is 0 Å². The van der Waals surface area contributed by atoms with E-state index in [1.807, 2.05) is 0 Å². The highest BCUT2D eigenvalue weighted by atomic mass is 15.1. The van der Waals surface area contributed by atoms with E-state index >= 15 is 0 Å². The molecule has 0 fully saturated rings. The van der Waals surface area contributed by atoms with Gasteiger partial charge in [0, 0.05) is 38.3 Å². The lowest BCUT2D eigenvalue weighted by Crippen LogP contribution is -2.14. The van der Waals surface area contributed by atoms with Crippen molar-refractivity contribution in [1.29, 1.82) is 0 Å². The maximum absolute atomic E-state index is 2.46. The van der Waals surface area contributed by atoms with Crippen LogP contribution in [0.3, 0.4) is 0 Å². The van der Waals surface area contributed by atoms with Crippen molar-refractivity contribution in [2.75, 3.05) is 4.90 Å². The monoisotopic (exact) mass is 702 g/mol. The highest BCUT2D eigenvalue weighted by Crippen LogP contribution is 2.51. The van der Waals surface area contributed by atoms with Crippen LogP contribution in [0.4, 0.5) is 17.1 Å². The first kappa shape index (κ1) is 31.6. The number of anilines is 3. The SMILES string of the molecule is CC1(C)c2ccccc2-c2cc3c(cc21)c1ccccc1n3-c1ccc(-c2ccc(N(c3cccc4ccccc34)c3cccc4ccccc34)cc2)cc1. The molecule has 0 amide bonds. The molecule has 1 heterocycles.